The number of primary amides is 1. The minimum atomic E-state index is -0.437. The second kappa shape index (κ2) is 4.61. The van der Waals surface area contributed by atoms with Crippen molar-refractivity contribution < 1.29 is 9.53 Å². The van der Waals surface area contributed by atoms with Gasteiger partial charge in [-0.2, -0.15) is 0 Å². The van der Waals surface area contributed by atoms with Crippen LogP contribution in [0.3, 0.4) is 0 Å². The van der Waals surface area contributed by atoms with Crippen molar-refractivity contribution in [3.63, 3.8) is 0 Å². The van der Waals surface area contributed by atoms with E-state index in [0.29, 0.717) is 18.7 Å². The SMILES string of the molecule is NC(=O)c1ccccc1N1CCOc2ccncc21. The van der Waals surface area contributed by atoms with Gasteiger partial charge in [-0.1, -0.05) is 12.1 Å². The number of hydrogen-bond donors (Lipinski definition) is 1. The Bertz CT molecular complexity index is 628. The second-order valence-corrected chi connectivity index (χ2v) is 4.22. The molecule has 2 N–H and O–H groups in total. The molecule has 5 heteroatoms. The van der Waals surface area contributed by atoms with Gasteiger partial charge in [-0.15, -0.1) is 0 Å². The summed E-state index contributed by atoms with van der Waals surface area (Å²) in [5, 5.41) is 0. The highest BCUT2D eigenvalue weighted by atomic mass is 16.5. The van der Waals surface area contributed by atoms with Crippen molar-refractivity contribution in [1.82, 2.24) is 4.98 Å². The van der Waals surface area contributed by atoms with Gasteiger partial charge in [0, 0.05) is 12.3 Å². The van der Waals surface area contributed by atoms with Crippen LogP contribution in [0, 0.1) is 0 Å². The van der Waals surface area contributed by atoms with Crippen LogP contribution in [0.15, 0.2) is 42.7 Å². The Kier molecular flexibility index (Phi) is 2.79. The van der Waals surface area contributed by atoms with E-state index >= 15 is 0 Å². The Morgan fingerprint density at radius 3 is 2.95 bits per heavy atom. The van der Waals surface area contributed by atoms with Crippen molar-refractivity contribution in [3.05, 3.63) is 48.3 Å². The zero-order chi connectivity index (χ0) is 13.2. The monoisotopic (exact) mass is 255 g/mol. The summed E-state index contributed by atoms with van der Waals surface area (Å²) in [7, 11) is 0. The first-order valence-corrected chi connectivity index (χ1v) is 6.00. The molecule has 0 fully saturated rings. The van der Waals surface area contributed by atoms with Crippen LogP contribution in [0.25, 0.3) is 0 Å². The molecule has 0 saturated heterocycles. The number of hydrogen-bond acceptors (Lipinski definition) is 4. The molecule has 3 rings (SSSR count). The summed E-state index contributed by atoms with van der Waals surface area (Å²) in [6.07, 6.45) is 3.41. The van der Waals surface area contributed by atoms with E-state index < -0.39 is 5.91 Å². The molecule has 1 amide bonds. The Labute approximate surface area is 110 Å². The van der Waals surface area contributed by atoms with Gasteiger partial charge in [0.1, 0.15) is 18.0 Å². The van der Waals surface area contributed by atoms with Gasteiger partial charge in [0.05, 0.1) is 24.0 Å². The van der Waals surface area contributed by atoms with Gasteiger partial charge < -0.3 is 15.4 Å². The van der Waals surface area contributed by atoms with Gasteiger partial charge in [-0.25, -0.2) is 0 Å². The number of carbonyl (C=O) groups is 1. The fraction of sp³-hybridized carbons (Fsp3) is 0.143. The molecular formula is C14H13N3O2. The minimum absolute atomic E-state index is 0.437. The number of anilines is 2. The highest BCUT2D eigenvalue weighted by Crippen LogP contribution is 2.36. The van der Waals surface area contributed by atoms with Gasteiger partial charge in [-0.05, 0) is 12.1 Å². The lowest BCUT2D eigenvalue weighted by molar-refractivity contribution is 0.100. The number of carbonyl (C=O) groups excluding carboxylic acids is 1. The van der Waals surface area contributed by atoms with Crippen molar-refractivity contribution in [1.29, 1.82) is 0 Å². The van der Waals surface area contributed by atoms with E-state index in [9.17, 15) is 4.79 Å². The molecular weight excluding hydrogens is 242 g/mol. The highest BCUT2D eigenvalue weighted by Gasteiger charge is 2.22. The lowest BCUT2D eigenvalue weighted by Gasteiger charge is -2.31. The number of pyridine rings is 1. The van der Waals surface area contributed by atoms with Crippen molar-refractivity contribution >= 4 is 17.3 Å². The molecule has 0 bridgehead atoms. The maximum atomic E-state index is 11.5. The number of amides is 1. The van der Waals surface area contributed by atoms with Crippen molar-refractivity contribution in [2.45, 2.75) is 0 Å². The van der Waals surface area contributed by atoms with E-state index in [1.54, 1.807) is 24.5 Å². The average Bonchev–Trinajstić information content (AvgIpc) is 2.46. The Morgan fingerprint density at radius 1 is 1.26 bits per heavy atom. The van der Waals surface area contributed by atoms with Crippen LogP contribution >= 0.6 is 0 Å². The number of para-hydroxylation sites is 1. The zero-order valence-corrected chi connectivity index (χ0v) is 10.2. The first kappa shape index (κ1) is 11.5. The average molecular weight is 255 g/mol. The zero-order valence-electron chi connectivity index (χ0n) is 10.2. The molecule has 0 radical (unpaired) electrons. The summed E-state index contributed by atoms with van der Waals surface area (Å²) in [5.74, 6) is 0.327. The molecule has 5 nitrogen and oxygen atoms in total. The predicted octanol–water partition coefficient (Wildman–Crippen LogP) is 1.71. The molecule has 2 heterocycles. The lowest BCUT2D eigenvalue weighted by atomic mass is 10.1. The molecule has 19 heavy (non-hydrogen) atoms. The van der Waals surface area contributed by atoms with Crippen LogP contribution in [0.2, 0.25) is 0 Å². The molecule has 1 aliphatic heterocycles. The summed E-state index contributed by atoms with van der Waals surface area (Å²) in [4.78, 5) is 17.6. The third kappa shape index (κ3) is 1.99. The summed E-state index contributed by atoms with van der Waals surface area (Å²) < 4.78 is 5.58. The van der Waals surface area contributed by atoms with Gasteiger partial charge in [0.25, 0.3) is 5.91 Å². The predicted molar refractivity (Wildman–Crippen MR) is 71.7 cm³/mol. The van der Waals surface area contributed by atoms with E-state index in [2.05, 4.69) is 4.98 Å². The number of rotatable bonds is 2. The molecule has 0 aliphatic carbocycles. The topological polar surface area (TPSA) is 68.5 Å². The number of nitrogens with two attached hydrogens (primary N) is 1. The number of nitrogens with zero attached hydrogens (tertiary/aromatic N) is 2. The third-order valence-electron chi connectivity index (χ3n) is 3.08. The van der Waals surface area contributed by atoms with E-state index in [1.807, 2.05) is 23.1 Å². The number of ether oxygens (including phenoxy) is 1. The summed E-state index contributed by atoms with van der Waals surface area (Å²) in [6, 6.07) is 9.10. The summed E-state index contributed by atoms with van der Waals surface area (Å²) in [6.45, 7) is 1.22. The normalized spacial score (nSPS) is 13.6. The minimum Gasteiger partial charge on any atom is -0.489 e. The Balaban J connectivity index is 2.12. The molecule has 0 spiro atoms. The maximum Gasteiger partial charge on any atom is 0.250 e. The van der Waals surface area contributed by atoms with E-state index in [4.69, 9.17) is 10.5 Å². The van der Waals surface area contributed by atoms with Crippen molar-refractivity contribution in [3.8, 4) is 5.75 Å². The van der Waals surface area contributed by atoms with Gasteiger partial charge in [0.15, 0.2) is 0 Å². The van der Waals surface area contributed by atoms with Crippen LogP contribution < -0.4 is 15.4 Å². The van der Waals surface area contributed by atoms with Gasteiger partial charge >= 0.3 is 0 Å². The van der Waals surface area contributed by atoms with Crippen LogP contribution in [-0.2, 0) is 0 Å². The van der Waals surface area contributed by atoms with Gasteiger partial charge in [0.2, 0.25) is 0 Å². The maximum absolute atomic E-state index is 11.5. The quantitative estimate of drug-likeness (QED) is 0.887. The fourth-order valence-corrected chi connectivity index (χ4v) is 2.23. The number of benzene rings is 1. The number of fused-ring (bicyclic) bond motifs is 1. The van der Waals surface area contributed by atoms with Crippen LogP contribution in [0.1, 0.15) is 10.4 Å². The molecule has 96 valence electrons. The van der Waals surface area contributed by atoms with Crippen LogP contribution in [0.5, 0.6) is 5.75 Å². The molecule has 0 unspecified atom stereocenters. The smallest absolute Gasteiger partial charge is 0.250 e. The molecule has 1 aromatic carbocycles. The third-order valence-corrected chi connectivity index (χ3v) is 3.08. The molecule has 2 aromatic rings. The standard InChI is InChI=1S/C14H13N3O2/c15-14(18)10-3-1-2-4-11(10)17-7-8-19-13-5-6-16-9-12(13)17/h1-6,9H,7-8H2,(H2,15,18). The summed E-state index contributed by atoms with van der Waals surface area (Å²) >= 11 is 0. The highest BCUT2D eigenvalue weighted by molar-refractivity contribution is 5.99. The fourth-order valence-electron chi connectivity index (χ4n) is 2.23. The lowest BCUT2D eigenvalue weighted by Crippen LogP contribution is -2.30. The van der Waals surface area contributed by atoms with E-state index in [0.717, 1.165) is 17.1 Å². The first-order chi connectivity index (χ1) is 9.27. The Morgan fingerprint density at radius 2 is 2.11 bits per heavy atom. The van der Waals surface area contributed by atoms with Crippen LogP contribution in [0.4, 0.5) is 11.4 Å². The van der Waals surface area contributed by atoms with Crippen LogP contribution in [-0.4, -0.2) is 24.0 Å². The van der Waals surface area contributed by atoms with Gasteiger partial charge in [-0.3, -0.25) is 9.78 Å². The largest absolute Gasteiger partial charge is 0.489 e. The number of aromatic nitrogens is 1. The first-order valence-electron chi connectivity index (χ1n) is 6.00. The van der Waals surface area contributed by atoms with Crippen molar-refractivity contribution in [2.75, 3.05) is 18.1 Å². The molecule has 1 aromatic heterocycles. The molecule has 0 saturated carbocycles. The molecule has 0 atom stereocenters. The molecule has 1 aliphatic rings. The second-order valence-electron chi connectivity index (χ2n) is 4.22. The van der Waals surface area contributed by atoms with Crippen molar-refractivity contribution in [2.24, 2.45) is 5.73 Å². The van der Waals surface area contributed by atoms with E-state index in [1.165, 1.54) is 0 Å². The van der Waals surface area contributed by atoms with E-state index in [-0.39, 0.29) is 0 Å². The summed E-state index contributed by atoms with van der Waals surface area (Å²) in [5.41, 5.74) is 7.56. The Hall–Kier alpha value is -2.56.